The van der Waals surface area contributed by atoms with Gasteiger partial charge in [0.15, 0.2) is 5.78 Å². The first-order valence-electron chi connectivity index (χ1n) is 6.72. The molecule has 0 saturated heterocycles. The molecule has 0 spiro atoms. The highest BCUT2D eigenvalue weighted by Crippen LogP contribution is 2.41. The molecule has 3 nitrogen and oxygen atoms in total. The normalized spacial score (nSPS) is 16.4. The number of fused-ring (bicyclic) bond motifs is 1. The zero-order chi connectivity index (χ0) is 14.8. The monoisotopic (exact) mass is 300 g/mol. The fourth-order valence-electron chi connectivity index (χ4n) is 2.53. The standard InChI is InChI=1S/C17H16O3S/c1-19-12-7-11(8-13(9-12)20-2)17(18)15-10-21-16-6-4-3-5-14(15)16/h3-9,15H,10H2,1-2H3. The second-order valence-corrected chi connectivity index (χ2v) is 5.93. The van der Waals surface area contributed by atoms with Gasteiger partial charge in [-0.2, -0.15) is 0 Å². The van der Waals surface area contributed by atoms with Crippen molar-refractivity contribution in [3.05, 3.63) is 53.6 Å². The maximum absolute atomic E-state index is 12.8. The van der Waals surface area contributed by atoms with Gasteiger partial charge in [0.2, 0.25) is 0 Å². The van der Waals surface area contributed by atoms with Crippen LogP contribution in [0.15, 0.2) is 47.4 Å². The van der Waals surface area contributed by atoms with Crippen LogP contribution in [-0.2, 0) is 0 Å². The average molecular weight is 300 g/mol. The molecule has 0 amide bonds. The molecule has 0 aromatic heterocycles. The van der Waals surface area contributed by atoms with E-state index in [1.54, 1.807) is 44.2 Å². The van der Waals surface area contributed by atoms with Gasteiger partial charge in [-0.1, -0.05) is 18.2 Å². The van der Waals surface area contributed by atoms with Gasteiger partial charge in [0.25, 0.3) is 0 Å². The van der Waals surface area contributed by atoms with Crippen molar-refractivity contribution < 1.29 is 14.3 Å². The summed E-state index contributed by atoms with van der Waals surface area (Å²) in [5.41, 5.74) is 1.75. The van der Waals surface area contributed by atoms with Gasteiger partial charge in [0.05, 0.1) is 20.1 Å². The molecule has 108 valence electrons. The minimum atomic E-state index is -0.0944. The molecule has 0 fully saturated rings. The Morgan fingerprint density at radius 3 is 2.43 bits per heavy atom. The van der Waals surface area contributed by atoms with E-state index < -0.39 is 0 Å². The van der Waals surface area contributed by atoms with Gasteiger partial charge in [0, 0.05) is 22.3 Å². The van der Waals surface area contributed by atoms with Crippen LogP contribution >= 0.6 is 11.8 Å². The minimum absolute atomic E-state index is 0.0944. The predicted molar refractivity (Wildman–Crippen MR) is 83.8 cm³/mol. The number of methoxy groups -OCH3 is 2. The van der Waals surface area contributed by atoms with Gasteiger partial charge >= 0.3 is 0 Å². The molecule has 0 radical (unpaired) electrons. The molecule has 0 aliphatic carbocycles. The van der Waals surface area contributed by atoms with E-state index in [0.29, 0.717) is 17.1 Å². The smallest absolute Gasteiger partial charge is 0.171 e. The van der Waals surface area contributed by atoms with E-state index in [0.717, 1.165) is 11.3 Å². The first-order valence-corrected chi connectivity index (χ1v) is 7.70. The van der Waals surface area contributed by atoms with Crippen molar-refractivity contribution in [3.8, 4) is 11.5 Å². The van der Waals surface area contributed by atoms with Crippen molar-refractivity contribution in [2.45, 2.75) is 10.8 Å². The molecular formula is C17H16O3S. The van der Waals surface area contributed by atoms with E-state index in [4.69, 9.17) is 9.47 Å². The Labute approximate surface area is 128 Å². The number of ether oxygens (including phenoxy) is 2. The van der Waals surface area contributed by atoms with Gasteiger partial charge in [-0.15, -0.1) is 11.8 Å². The van der Waals surface area contributed by atoms with Crippen molar-refractivity contribution >= 4 is 17.5 Å². The van der Waals surface area contributed by atoms with E-state index in [1.165, 1.54) is 4.90 Å². The molecule has 0 N–H and O–H groups in total. The molecule has 1 aliphatic heterocycles. The second-order valence-electron chi connectivity index (χ2n) is 4.87. The van der Waals surface area contributed by atoms with E-state index in [2.05, 4.69) is 6.07 Å². The van der Waals surface area contributed by atoms with Crippen LogP contribution in [0.2, 0.25) is 0 Å². The van der Waals surface area contributed by atoms with E-state index in [9.17, 15) is 4.79 Å². The van der Waals surface area contributed by atoms with Gasteiger partial charge in [-0.05, 0) is 23.8 Å². The number of rotatable bonds is 4. The summed E-state index contributed by atoms with van der Waals surface area (Å²) >= 11 is 1.74. The Morgan fingerprint density at radius 1 is 1.10 bits per heavy atom. The van der Waals surface area contributed by atoms with Crippen LogP contribution in [0.25, 0.3) is 0 Å². The molecule has 3 rings (SSSR count). The van der Waals surface area contributed by atoms with Crippen molar-refractivity contribution in [1.82, 2.24) is 0 Å². The topological polar surface area (TPSA) is 35.5 Å². The highest BCUT2D eigenvalue weighted by Gasteiger charge is 2.30. The Balaban J connectivity index is 1.96. The first-order chi connectivity index (χ1) is 10.2. The molecule has 0 saturated carbocycles. The number of hydrogen-bond acceptors (Lipinski definition) is 4. The molecule has 2 aromatic rings. The molecule has 1 unspecified atom stereocenters. The Morgan fingerprint density at radius 2 is 1.76 bits per heavy atom. The lowest BCUT2D eigenvalue weighted by Gasteiger charge is -2.12. The van der Waals surface area contributed by atoms with Crippen LogP contribution in [0.1, 0.15) is 21.8 Å². The SMILES string of the molecule is COc1cc(OC)cc(C(=O)C2CSc3ccccc32)c1. The summed E-state index contributed by atoms with van der Waals surface area (Å²) < 4.78 is 10.5. The number of benzene rings is 2. The molecule has 4 heteroatoms. The van der Waals surface area contributed by atoms with Crippen LogP contribution < -0.4 is 9.47 Å². The zero-order valence-corrected chi connectivity index (χ0v) is 12.8. The number of carbonyl (C=O) groups excluding carboxylic acids is 1. The average Bonchev–Trinajstić information content (AvgIpc) is 2.97. The van der Waals surface area contributed by atoms with Crippen LogP contribution in [0.5, 0.6) is 11.5 Å². The maximum Gasteiger partial charge on any atom is 0.171 e. The Kier molecular flexibility index (Phi) is 3.88. The van der Waals surface area contributed by atoms with E-state index in [-0.39, 0.29) is 11.7 Å². The van der Waals surface area contributed by atoms with Crippen LogP contribution in [0, 0.1) is 0 Å². The highest BCUT2D eigenvalue weighted by atomic mass is 32.2. The summed E-state index contributed by atoms with van der Waals surface area (Å²) in [5.74, 6) is 2.08. The van der Waals surface area contributed by atoms with Gasteiger partial charge in [-0.3, -0.25) is 4.79 Å². The molecule has 1 heterocycles. The van der Waals surface area contributed by atoms with Gasteiger partial charge < -0.3 is 9.47 Å². The predicted octanol–water partition coefficient (Wildman–Crippen LogP) is 3.78. The van der Waals surface area contributed by atoms with Crippen LogP contribution in [0.3, 0.4) is 0 Å². The number of thioether (sulfide) groups is 1. The third-order valence-electron chi connectivity index (χ3n) is 3.65. The summed E-state index contributed by atoms with van der Waals surface area (Å²) in [7, 11) is 3.17. The van der Waals surface area contributed by atoms with Crippen LogP contribution in [0.4, 0.5) is 0 Å². The first kappa shape index (κ1) is 14.0. The second kappa shape index (κ2) is 5.82. The fourth-order valence-corrected chi connectivity index (χ4v) is 3.76. The Hall–Kier alpha value is -1.94. The minimum Gasteiger partial charge on any atom is -0.497 e. The molecule has 1 atom stereocenters. The fraction of sp³-hybridized carbons (Fsp3) is 0.235. The molecule has 21 heavy (non-hydrogen) atoms. The lowest BCUT2D eigenvalue weighted by molar-refractivity contribution is 0.0967. The molecular weight excluding hydrogens is 284 g/mol. The van der Waals surface area contributed by atoms with E-state index >= 15 is 0 Å². The summed E-state index contributed by atoms with van der Waals surface area (Å²) in [6.07, 6.45) is 0. The summed E-state index contributed by atoms with van der Waals surface area (Å²) in [5, 5.41) is 0. The van der Waals surface area contributed by atoms with Gasteiger partial charge in [0.1, 0.15) is 11.5 Å². The quantitative estimate of drug-likeness (QED) is 0.805. The highest BCUT2D eigenvalue weighted by molar-refractivity contribution is 7.99. The summed E-state index contributed by atoms with van der Waals surface area (Å²) in [4.78, 5) is 14.0. The lowest BCUT2D eigenvalue weighted by Crippen LogP contribution is -2.12. The van der Waals surface area contributed by atoms with Crippen molar-refractivity contribution in [3.63, 3.8) is 0 Å². The largest absolute Gasteiger partial charge is 0.497 e. The van der Waals surface area contributed by atoms with E-state index in [1.807, 2.05) is 18.2 Å². The third kappa shape index (κ3) is 2.63. The number of ketones is 1. The molecule has 1 aliphatic rings. The zero-order valence-electron chi connectivity index (χ0n) is 12.0. The summed E-state index contributed by atoms with van der Waals surface area (Å²) in [6, 6.07) is 13.4. The van der Waals surface area contributed by atoms with Crippen molar-refractivity contribution in [2.24, 2.45) is 0 Å². The Bertz CT molecular complexity index is 659. The number of hydrogen-bond donors (Lipinski definition) is 0. The summed E-state index contributed by atoms with van der Waals surface area (Å²) in [6.45, 7) is 0. The van der Waals surface area contributed by atoms with Crippen molar-refractivity contribution in [2.75, 3.05) is 20.0 Å². The lowest BCUT2D eigenvalue weighted by atomic mass is 9.92. The number of carbonyl (C=O) groups is 1. The maximum atomic E-state index is 12.8. The number of Topliss-reactive ketones (excluding diaryl/α,β-unsaturated/α-hetero) is 1. The third-order valence-corrected chi connectivity index (χ3v) is 4.84. The molecule has 0 bridgehead atoms. The van der Waals surface area contributed by atoms with Crippen LogP contribution in [-0.4, -0.2) is 25.8 Å². The molecule has 2 aromatic carbocycles. The van der Waals surface area contributed by atoms with Crippen molar-refractivity contribution in [1.29, 1.82) is 0 Å². The van der Waals surface area contributed by atoms with Gasteiger partial charge in [-0.25, -0.2) is 0 Å².